The van der Waals surface area contributed by atoms with Crippen molar-refractivity contribution in [1.82, 2.24) is 10.6 Å². The quantitative estimate of drug-likeness (QED) is 0.674. The smallest absolute Gasteiger partial charge is 0.321 e. The topological polar surface area (TPSA) is 74.2 Å². The van der Waals surface area contributed by atoms with Gasteiger partial charge in [0.25, 0.3) is 0 Å². The molecule has 15 heavy (non-hydrogen) atoms. The van der Waals surface area contributed by atoms with E-state index in [-0.39, 0.29) is 11.9 Å². The van der Waals surface area contributed by atoms with Gasteiger partial charge in [0.15, 0.2) is 0 Å². The molecule has 5 heteroatoms. The second-order valence-electron chi connectivity index (χ2n) is 3.22. The molecular weight excluding hydrogens is 194 g/mol. The summed E-state index contributed by atoms with van der Waals surface area (Å²) >= 11 is 0. The number of carbonyl (C=O) groups excluding carboxylic acids is 1. The van der Waals surface area contributed by atoms with Gasteiger partial charge in [0, 0.05) is 0 Å². The second kappa shape index (κ2) is 3.61. The van der Waals surface area contributed by atoms with Crippen LogP contribution in [-0.4, -0.2) is 19.0 Å². The fourth-order valence-corrected chi connectivity index (χ4v) is 1.50. The molecule has 1 fully saturated rings. The maximum Gasteiger partial charge on any atom is 0.321 e. The number of methoxy groups -OCH3 is 1. The van der Waals surface area contributed by atoms with Crippen molar-refractivity contribution in [3.8, 4) is 5.75 Å². The lowest BCUT2D eigenvalue weighted by molar-refractivity contribution is 0.248. The molecule has 0 aliphatic carbocycles. The zero-order chi connectivity index (χ0) is 10.8. The number of ether oxygens (including phenoxy) is 1. The molecule has 1 heterocycles. The van der Waals surface area contributed by atoms with Crippen molar-refractivity contribution < 1.29 is 9.53 Å². The van der Waals surface area contributed by atoms with Crippen molar-refractivity contribution in [2.45, 2.75) is 6.04 Å². The highest BCUT2D eigenvalue weighted by molar-refractivity contribution is 6.05. The molecule has 0 spiro atoms. The van der Waals surface area contributed by atoms with Crippen LogP contribution in [-0.2, 0) is 0 Å². The Morgan fingerprint density at radius 3 is 2.87 bits per heavy atom. The van der Waals surface area contributed by atoms with E-state index in [0.29, 0.717) is 5.75 Å². The van der Waals surface area contributed by atoms with Crippen molar-refractivity contribution in [3.05, 3.63) is 29.8 Å². The zero-order valence-electron chi connectivity index (χ0n) is 8.20. The van der Waals surface area contributed by atoms with E-state index in [1.807, 2.05) is 18.2 Å². The fraction of sp³-hybridized carbons (Fsp3) is 0.200. The van der Waals surface area contributed by atoms with Crippen LogP contribution in [0.1, 0.15) is 11.6 Å². The summed E-state index contributed by atoms with van der Waals surface area (Å²) in [4.78, 5) is 11.0. The molecule has 1 unspecified atom stereocenters. The summed E-state index contributed by atoms with van der Waals surface area (Å²) in [5.41, 5.74) is 0.831. The first-order chi connectivity index (χ1) is 7.20. The van der Waals surface area contributed by atoms with Gasteiger partial charge in [0.2, 0.25) is 0 Å². The molecule has 1 saturated heterocycles. The van der Waals surface area contributed by atoms with Crippen molar-refractivity contribution in [2.75, 3.05) is 7.11 Å². The number of benzene rings is 1. The van der Waals surface area contributed by atoms with Crippen LogP contribution >= 0.6 is 0 Å². The number of hydrogen-bond acceptors (Lipinski definition) is 3. The largest absolute Gasteiger partial charge is 0.497 e. The Morgan fingerprint density at radius 2 is 2.27 bits per heavy atom. The lowest BCUT2D eigenvalue weighted by atomic mass is 10.1. The van der Waals surface area contributed by atoms with Crippen LogP contribution < -0.4 is 15.4 Å². The van der Waals surface area contributed by atoms with E-state index in [0.717, 1.165) is 5.56 Å². The van der Waals surface area contributed by atoms with E-state index in [1.54, 1.807) is 13.2 Å². The van der Waals surface area contributed by atoms with Gasteiger partial charge < -0.3 is 10.1 Å². The SMILES string of the molecule is COc1cccc(C2NC(=O)NC2=N)c1. The van der Waals surface area contributed by atoms with Gasteiger partial charge in [-0.25, -0.2) is 4.79 Å². The molecule has 1 aromatic carbocycles. The molecule has 0 radical (unpaired) electrons. The number of amides is 2. The van der Waals surface area contributed by atoms with Gasteiger partial charge in [0.05, 0.1) is 7.11 Å². The number of amidine groups is 1. The molecule has 2 amide bonds. The first-order valence-corrected chi connectivity index (χ1v) is 4.50. The standard InChI is InChI=1S/C10H11N3O2/c1-15-7-4-2-3-6(5-7)8-9(11)13-10(14)12-8/h2-5,8H,1H3,(H3,11,12,13,14). The summed E-state index contributed by atoms with van der Waals surface area (Å²) in [5.74, 6) is 0.870. The molecule has 5 nitrogen and oxygen atoms in total. The van der Waals surface area contributed by atoms with Crippen LogP contribution in [0.3, 0.4) is 0 Å². The number of nitrogens with one attached hydrogen (secondary N) is 3. The molecule has 2 rings (SSSR count). The van der Waals surface area contributed by atoms with Crippen LogP contribution in [0.4, 0.5) is 4.79 Å². The van der Waals surface area contributed by atoms with E-state index in [4.69, 9.17) is 10.1 Å². The highest BCUT2D eigenvalue weighted by Crippen LogP contribution is 2.21. The van der Waals surface area contributed by atoms with Gasteiger partial charge in [0.1, 0.15) is 17.6 Å². The molecule has 1 aromatic rings. The zero-order valence-corrected chi connectivity index (χ0v) is 8.20. The minimum Gasteiger partial charge on any atom is -0.497 e. The van der Waals surface area contributed by atoms with Gasteiger partial charge in [-0.05, 0) is 17.7 Å². The number of rotatable bonds is 2. The van der Waals surface area contributed by atoms with Gasteiger partial charge in [-0.1, -0.05) is 12.1 Å². The van der Waals surface area contributed by atoms with Gasteiger partial charge >= 0.3 is 6.03 Å². The first kappa shape index (κ1) is 9.51. The Morgan fingerprint density at radius 1 is 1.47 bits per heavy atom. The predicted molar refractivity (Wildman–Crippen MR) is 55.1 cm³/mol. The van der Waals surface area contributed by atoms with E-state index in [9.17, 15) is 4.79 Å². The maximum absolute atomic E-state index is 11.0. The monoisotopic (exact) mass is 205 g/mol. The molecule has 0 saturated carbocycles. The maximum atomic E-state index is 11.0. The highest BCUT2D eigenvalue weighted by atomic mass is 16.5. The van der Waals surface area contributed by atoms with Crippen molar-refractivity contribution in [1.29, 1.82) is 5.41 Å². The summed E-state index contributed by atoms with van der Waals surface area (Å²) in [6.45, 7) is 0. The molecule has 0 bridgehead atoms. The Labute approximate surface area is 86.9 Å². The van der Waals surface area contributed by atoms with Crippen LogP contribution in [0.15, 0.2) is 24.3 Å². The molecule has 0 aromatic heterocycles. The van der Waals surface area contributed by atoms with Gasteiger partial charge in [-0.15, -0.1) is 0 Å². The van der Waals surface area contributed by atoms with Crippen LogP contribution in [0.2, 0.25) is 0 Å². The molecule has 78 valence electrons. The lowest BCUT2D eigenvalue weighted by Crippen LogP contribution is -2.22. The predicted octanol–water partition coefficient (Wildman–Crippen LogP) is 1.03. The summed E-state index contributed by atoms with van der Waals surface area (Å²) in [6.07, 6.45) is 0. The summed E-state index contributed by atoms with van der Waals surface area (Å²) < 4.78 is 5.07. The highest BCUT2D eigenvalue weighted by Gasteiger charge is 2.27. The van der Waals surface area contributed by atoms with E-state index in [2.05, 4.69) is 10.6 Å². The van der Waals surface area contributed by atoms with Crippen LogP contribution in [0.25, 0.3) is 0 Å². The van der Waals surface area contributed by atoms with Gasteiger partial charge in [-0.3, -0.25) is 10.7 Å². The summed E-state index contributed by atoms with van der Waals surface area (Å²) in [7, 11) is 1.58. The number of urea groups is 1. The normalized spacial score (nSPS) is 19.7. The van der Waals surface area contributed by atoms with Gasteiger partial charge in [-0.2, -0.15) is 0 Å². The average molecular weight is 205 g/mol. The molecular formula is C10H11N3O2. The second-order valence-corrected chi connectivity index (χ2v) is 3.22. The Kier molecular flexibility index (Phi) is 2.29. The van der Waals surface area contributed by atoms with Crippen LogP contribution in [0, 0.1) is 5.41 Å². The fourth-order valence-electron chi connectivity index (χ4n) is 1.50. The summed E-state index contributed by atoms with van der Waals surface area (Å²) in [5, 5.41) is 12.6. The third-order valence-corrected chi connectivity index (χ3v) is 2.24. The lowest BCUT2D eigenvalue weighted by Gasteiger charge is -2.10. The van der Waals surface area contributed by atoms with Crippen molar-refractivity contribution >= 4 is 11.9 Å². The molecule has 1 atom stereocenters. The average Bonchev–Trinajstić information content (AvgIpc) is 2.58. The Bertz CT molecular complexity index is 417. The van der Waals surface area contributed by atoms with Crippen LogP contribution in [0.5, 0.6) is 5.75 Å². The van der Waals surface area contributed by atoms with E-state index in [1.165, 1.54) is 0 Å². The Hall–Kier alpha value is -2.04. The first-order valence-electron chi connectivity index (χ1n) is 4.50. The minimum absolute atomic E-state index is 0.160. The number of hydrogen-bond donors (Lipinski definition) is 3. The molecule has 1 aliphatic heterocycles. The van der Waals surface area contributed by atoms with Crippen molar-refractivity contribution in [3.63, 3.8) is 0 Å². The number of carbonyl (C=O) groups is 1. The third kappa shape index (κ3) is 1.76. The van der Waals surface area contributed by atoms with E-state index >= 15 is 0 Å². The molecule has 1 aliphatic rings. The van der Waals surface area contributed by atoms with E-state index < -0.39 is 6.04 Å². The molecule has 3 N–H and O–H groups in total. The minimum atomic E-state index is -0.396. The van der Waals surface area contributed by atoms with Crippen molar-refractivity contribution in [2.24, 2.45) is 0 Å². The Balaban J connectivity index is 2.29. The summed E-state index contributed by atoms with van der Waals surface area (Å²) in [6, 6.07) is 6.55. The third-order valence-electron chi connectivity index (χ3n) is 2.24.